The lowest BCUT2D eigenvalue weighted by Gasteiger charge is -2.32. The number of anilines is 1. The van der Waals surface area contributed by atoms with E-state index in [0.29, 0.717) is 12.3 Å². The highest BCUT2D eigenvalue weighted by Crippen LogP contribution is 2.26. The second kappa shape index (κ2) is 8.15. The standard InChI is InChI=1S/C18H22N4OS/c19-16(23)10-14-6-8-22(9-7-14)17-11-20-12-18(21-17)24-13-15-4-2-1-3-5-15/h1-5,11-12,14H,6-10,13H2,(H2,19,23). The van der Waals surface area contributed by atoms with Crippen LogP contribution in [-0.4, -0.2) is 29.0 Å². The van der Waals surface area contributed by atoms with Gasteiger partial charge in [-0.1, -0.05) is 30.3 Å². The molecule has 1 amide bonds. The molecule has 1 aromatic heterocycles. The van der Waals surface area contributed by atoms with E-state index >= 15 is 0 Å². The first-order chi connectivity index (χ1) is 11.7. The average molecular weight is 342 g/mol. The first-order valence-corrected chi connectivity index (χ1v) is 9.21. The number of thioether (sulfide) groups is 1. The summed E-state index contributed by atoms with van der Waals surface area (Å²) >= 11 is 1.70. The van der Waals surface area contributed by atoms with Gasteiger partial charge >= 0.3 is 0 Å². The van der Waals surface area contributed by atoms with Crippen molar-refractivity contribution in [2.75, 3.05) is 18.0 Å². The average Bonchev–Trinajstić information content (AvgIpc) is 2.61. The number of carbonyl (C=O) groups is 1. The molecule has 6 heteroatoms. The van der Waals surface area contributed by atoms with Gasteiger partial charge in [-0.25, -0.2) is 4.98 Å². The number of hydrogen-bond donors (Lipinski definition) is 1. The molecule has 1 aromatic carbocycles. The Hall–Kier alpha value is -2.08. The van der Waals surface area contributed by atoms with E-state index in [0.717, 1.165) is 42.5 Å². The van der Waals surface area contributed by atoms with Gasteiger partial charge in [-0.2, -0.15) is 0 Å². The van der Waals surface area contributed by atoms with Crippen molar-refractivity contribution < 1.29 is 4.79 Å². The molecule has 3 rings (SSSR count). The van der Waals surface area contributed by atoms with Crippen molar-refractivity contribution >= 4 is 23.5 Å². The third-order valence-corrected chi connectivity index (χ3v) is 5.23. The second-order valence-electron chi connectivity index (χ2n) is 6.09. The van der Waals surface area contributed by atoms with Gasteiger partial charge in [-0.3, -0.25) is 9.78 Å². The lowest BCUT2D eigenvalue weighted by atomic mass is 9.93. The van der Waals surface area contributed by atoms with Crippen LogP contribution >= 0.6 is 11.8 Å². The largest absolute Gasteiger partial charge is 0.370 e. The van der Waals surface area contributed by atoms with Crippen LogP contribution in [0.25, 0.3) is 0 Å². The molecule has 0 bridgehead atoms. The maximum absolute atomic E-state index is 11.0. The monoisotopic (exact) mass is 342 g/mol. The molecular formula is C18H22N4OS. The zero-order chi connectivity index (χ0) is 16.8. The zero-order valence-corrected chi connectivity index (χ0v) is 14.4. The van der Waals surface area contributed by atoms with Crippen molar-refractivity contribution in [1.82, 2.24) is 9.97 Å². The highest BCUT2D eigenvalue weighted by atomic mass is 32.2. The number of rotatable bonds is 6. The predicted octanol–water partition coefficient (Wildman–Crippen LogP) is 2.86. The number of aromatic nitrogens is 2. The van der Waals surface area contributed by atoms with Crippen molar-refractivity contribution in [3.63, 3.8) is 0 Å². The Balaban J connectivity index is 1.56. The van der Waals surface area contributed by atoms with Crippen molar-refractivity contribution in [3.05, 3.63) is 48.3 Å². The molecule has 0 radical (unpaired) electrons. The van der Waals surface area contributed by atoms with Crippen LogP contribution in [-0.2, 0) is 10.5 Å². The number of piperidine rings is 1. The molecule has 1 saturated heterocycles. The summed E-state index contributed by atoms with van der Waals surface area (Å²) in [6, 6.07) is 10.4. The third-order valence-electron chi connectivity index (χ3n) is 4.26. The van der Waals surface area contributed by atoms with Gasteiger partial charge in [0.1, 0.15) is 10.8 Å². The predicted molar refractivity (Wildman–Crippen MR) is 96.8 cm³/mol. The van der Waals surface area contributed by atoms with Gasteiger partial charge in [-0.05, 0) is 24.3 Å². The number of benzene rings is 1. The van der Waals surface area contributed by atoms with Gasteiger partial charge in [-0.15, -0.1) is 11.8 Å². The Morgan fingerprint density at radius 1 is 1.21 bits per heavy atom. The van der Waals surface area contributed by atoms with E-state index in [9.17, 15) is 4.79 Å². The summed E-state index contributed by atoms with van der Waals surface area (Å²) in [7, 11) is 0. The Morgan fingerprint density at radius 3 is 2.67 bits per heavy atom. The molecule has 0 atom stereocenters. The fourth-order valence-corrected chi connectivity index (χ4v) is 3.74. The van der Waals surface area contributed by atoms with E-state index in [1.54, 1.807) is 11.8 Å². The third kappa shape index (κ3) is 4.71. The molecule has 0 saturated carbocycles. The molecule has 0 aliphatic carbocycles. The van der Waals surface area contributed by atoms with Crippen LogP contribution in [0.2, 0.25) is 0 Å². The minimum atomic E-state index is -0.201. The second-order valence-corrected chi connectivity index (χ2v) is 7.09. The smallest absolute Gasteiger partial charge is 0.217 e. The van der Waals surface area contributed by atoms with Crippen LogP contribution in [0.15, 0.2) is 47.8 Å². The number of amides is 1. The highest BCUT2D eigenvalue weighted by Gasteiger charge is 2.21. The Morgan fingerprint density at radius 2 is 1.96 bits per heavy atom. The minimum absolute atomic E-state index is 0.201. The molecule has 0 spiro atoms. The number of nitrogens with zero attached hydrogens (tertiary/aromatic N) is 3. The lowest BCUT2D eigenvalue weighted by Crippen LogP contribution is -2.35. The van der Waals surface area contributed by atoms with Crippen LogP contribution in [0.5, 0.6) is 0 Å². The molecule has 5 nitrogen and oxygen atoms in total. The van der Waals surface area contributed by atoms with E-state index in [1.165, 1.54) is 5.56 Å². The molecule has 1 aliphatic heterocycles. The number of nitrogens with two attached hydrogens (primary N) is 1. The molecule has 1 aliphatic rings. The molecule has 126 valence electrons. The summed E-state index contributed by atoms with van der Waals surface area (Å²) in [6.45, 7) is 1.80. The zero-order valence-electron chi connectivity index (χ0n) is 13.6. The van der Waals surface area contributed by atoms with Gasteiger partial charge in [0, 0.05) is 25.3 Å². The van der Waals surface area contributed by atoms with Crippen molar-refractivity contribution in [1.29, 1.82) is 0 Å². The van der Waals surface area contributed by atoms with Gasteiger partial charge < -0.3 is 10.6 Å². The highest BCUT2D eigenvalue weighted by molar-refractivity contribution is 7.98. The summed E-state index contributed by atoms with van der Waals surface area (Å²) in [5.41, 5.74) is 6.57. The number of primary amides is 1. The maximum Gasteiger partial charge on any atom is 0.217 e. The minimum Gasteiger partial charge on any atom is -0.370 e. The topological polar surface area (TPSA) is 72.1 Å². The fraction of sp³-hybridized carbons (Fsp3) is 0.389. The summed E-state index contributed by atoms with van der Waals surface area (Å²) in [4.78, 5) is 22.4. The number of hydrogen-bond acceptors (Lipinski definition) is 5. The summed E-state index contributed by atoms with van der Waals surface area (Å²) in [5.74, 6) is 2.01. The summed E-state index contributed by atoms with van der Waals surface area (Å²) in [5, 5.41) is 0.940. The van der Waals surface area contributed by atoms with E-state index in [1.807, 2.05) is 30.6 Å². The van der Waals surface area contributed by atoms with E-state index in [2.05, 4.69) is 22.0 Å². The fourth-order valence-electron chi connectivity index (χ4n) is 2.94. The van der Waals surface area contributed by atoms with Crippen molar-refractivity contribution in [2.24, 2.45) is 11.7 Å². The van der Waals surface area contributed by atoms with Crippen LogP contribution < -0.4 is 10.6 Å². The van der Waals surface area contributed by atoms with E-state index in [4.69, 9.17) is 10.7 Å². The first-order valence-electron chi connectivity index (χ1n) is 8.23. The molecule has 2 heterocycles. The quantitative estimate of drug-likeness (QED) is 0.817. The van der Waals surface area contributed by atoms with Gasteiger partial charge in [0.2, 0.25) is 5.91 Å². The molecule has 24 heavy (non-hydrogen) atoms. The Labute approximate surface area is 146 Å². The van der Waals surface area contributed by atoms with Crippen LogP contribution in [0.4, 0.5) is 5.82 Å². The van der Waals surface area contributed by atoms with Crippen molar-refractivity contribution in [3.8, 4) is 0 Å². The molecule has 1 fully saturated rings. The summed E-state index contributed by atoms with van der Waals surface area (Å²) in [6.07, 6.45) is 6.09. The molecule has 0 unspecified atom stereocenters. The van der Waals surface area contributed by atoms with Gasteiger partial charge in [0.05, 0.1) is 12.4 Å². The molecule has 2 aromatic rings. The Kier molecular flexibility index (Phi) is 5.69. The Bertz CT molecular complexity index is 672. The normalized spacial score (nSPS) is 15.4. The van der Waals surface area contributed by atoms with Crippen LogP contribution in [0, 0.1) is 5.92 Å². The van der Waals surface area contributed by atoms with Gasteiger partial charge in [0.15, 0.2) is 0 Å². The number of carbonyl (C=O) groups excluding carboxylic acids is 1. The maximum atomic E-state index is 11.0. The molecular weight excluding hydrogens is 320 g/mol. The lowest BCUT2D eigenvalue weighted by molar-refractivity contribution is -0.119. The first kappa shape index (κ1) is 16.8. The van der Waals surface area contributed by atoms with Crippen LogP contribution in [0.1, 0.15) is 24.8 Å². The van der Waals surface area contributed by atoms with E-state index in [-0.39, 0.29) is 5.91 Å². The molecule has 2 N–H and O–H groups in total. The summed E-state index contributed by atoms with van der Waals surface area (Å²) < 4.78 is 0. The van der Waals surface area contributed by atoms with Gasteiger partial charge in [0.25, 0.3) is 0 Å². The van der Waals surface area contributed by atoms with Crippen molar-refractivity contribution in [2.45, 2.75) is 30.0 Å². The van der Waals surface area contributed by atoms with E-state index < -0.39 is 0 Å². The van der Waals surface area contributed by atoms with Crippen LogP contribution in [0.3, 0.4) is 0 Å². The SMILES string of the molecule is NC(=O)CC1CCN(c2cncc(SCc3ccccc3)n2)CC1.